The third-order valence-electron chi connectivity index (χ3n) is 3.52. The van der Waals surface area contributed by atoms with Crippen LogP contribution in [0.1, 0.15) is 18.1 Å². The maximum atomic E-state index is 10.8. The van der Waals surface area contributed by atoms with Gasteiger partial charge in [-0.25, -0.2) is 4.98 Å². The molecular weight excluding hydrogens is 326 g/mol. The molecule has 124 valence electrons. The van der Waals surface area contributed by atoms with Gasteiger partial charge in [0.1, 0.15) is 0 Å². The molecule has 24 heavy (non-hydrogen) atoms. The highest BCUT2D eigenvalue weighted by molar-refractivity contribution is 7.22. The second-order valence-electron chi connectivity index (χ2n) is 5.24. The fourth-order valence-corrected chi connectivity index (χ4v) is 3.15. The van der Waals surface area contributed by atoms with Crippen LogP contribution < -0.4 is 5.32 Å². The zero-order valence-corrected chi connectivity index (χ0v) is 14.0. The Morgan fingerprint density at radius 1 is 1.21 bits per heavy atom. The summed E-state index contributed by atoms with van der Waals surface area (Å²) in [7, 11) is 0. The lowest BCUT2D eigenvalue weighted by Gasteiger charge is -2.05. The number of anilines is 1. The molecule has 3 rings (SSSR count). The summed E-state index contributed by atoms with van der Waals surface area (Å²) in [5.74, 6) is 0. The lowest BCUT2D eigenvalue weighted by atomic mass is 10.1. The van der Waals surface area contributed by atoms with Crippen LogP contribution in [0, 0.1) is 10.1 Å². The summed E-state index contributed by atoms with van der Waals surface area (Å²) in [6.45, 7) is 3.96. The van der Waals surface area contributed by atoms with Crippen molar-refractivity contribution in [3.63, 3.8) is 0 Å². The maximum absolute atomic E-state index is 10.8. The largest absolute Gasteiger partial charge is 0.377 e. The van der Waals surface area contributed by atoms with Gasteiger partial charge in [-0.3, -0.25) is 10.1 Å². The van der Waals surface area contributed by atoms with E-state index in [1.165, 1.54) is 17.4 Å². The van der Waals surface area contributed by atoms with Gasteiger partial charge in [0.2, 0.25) is 0 Å². The number of nitro benzene ring substituents is 1. The van der Waals surface area contributed by atoms with E-state index in [4.69, 9.17) is 4.74 Å². The van der Waals surface area contributed by atoms with Crippen molar-refractivity contribution >= 4 is 32.4 Å². The number of benzene rings is 2. The van der Waals surface area contributed by atoms with Gasteiger partial charge in [0.25, 0.3) is 5.69 Å². The summed E-state index contributed by atoms with van der Waals surface area (Å²) < 4.78 is 6.18. The average Bonchev–Trinajstić information content (AvgIpc) is 3.01. The molecule has 0 radical (unpaired) electrons. The fourth-order valence-electron chi connectivity index (χ4n) is 2.25. The number of nitrogens with zero attached hydrogens (tertiary/aromatic N) is 2. The number of hydrogen-bond donors (Lipinski definition) is 1. The topological polar surface area (TPSA) is 77.3 Å². The highest BCUT2D eigenvalue weighted by Gasteiger charge is 2.10. The van der Waals surface area contributed by atoms with E-state index in [1.54, 1.807) is 12.1 Å². The van der Waals surface area contributed by atoms with E-state index >= 15 is 0 Å². The Hall–Kier alpha value is -2.51. The van der Waals surface area contributed by atoms with Crippen LogP contribution in [0.25, 0.3) is 10.2 Å². The van der Waals surface area contributed by atoms with Gasteiger partial charge in [-0.1, -0.05) is 35.6 Å². The highest BCUT2D eigenvalue weighted by atomic mass is 32.1. The van der Waals surface area contributed by atoms with E-state index in [9.17, 15) is 10.1 Å². The molecule has 0 fully saturated rings. The quantitative estimate of drug-likeness (QED) is 0.510. The summed E-state index contributed by atoms with van der Waals surface area (Å²) in [6, 6.07) is 12.9. The summed E-state index contributed by atoms with van der Waals surface area (Å²) in [6.07, 6.45) is 0. The first kappa shape index (κ1) is 16.4. The zero-order valence-electron chi connectivity index (χ0n) is 13.2. The van der Waals surface area contributed by atoms with Gasteiger partial charge < -0.3 is 10.1 Å². The molecule has 0 saturated heterocycles. The Labute approximate surface area is 143 Å². The molecule has 0 unspecified atom stereocenters. The predicted octanol–water partition coefficient (Wildman–Crippen LogP) is 4.35. The second-order valence-corrected chi connectivity index (χ2v) is 6.27. The van der Waals surface area contributed by atoms with Crippen LogP contribution in [0.3, 0.4) is 0 Å². The summed E-state index contributed by atoms with van der Waals surface area (Å²) >= 11 is 1.42. The molecular formula is C17H17N3O3S. The van der Waals surface area contributed by atoms with Crippen molar-refractivity contribution in [2.24, 2.45) is 0 Å². The van der Waals surface area contributed by atoms with Gasteiger partial charge in [-0.05, 0) is 24.1 Å². The molecule has 3 aromatic rings. The van der Waals surface area contributed by atoms with Gasteiger partial charge >= 0.3 is 0 Å². The summed E-state index contributed by atoms with van der Waals surface area (Å²) in [4.78, 5) is 14.9. The number of hydrogen-bond acceptors (Lipinski definition) is 6. The van der Waals surface area contributed by atoms with Crippen molar-refractivity contribution in [2.45, 2.75) is 20.1 Å². The summed E-state index contributed by atoms with van der Waals surface area (Å²) in [5, 5.41) is 14.8. The van der Waals surface area contributed by atoms with E-state index in [1.807, 2.05) is 19.1 Å². The molecule has 0 bridgehead atoms. The van der Waals surface area contributed by atoms with Crippen LogP contribution in [0.2, 0.25) is 0 Å². The summed E-state index contributed by atoms with van der Waals surface area (Å²) in [5.41, 5.74) is 3.14. The third kappa shape index (κ3) is 3.87. The fraction of sp³-hybridized carbons (Fsp3) is 0.235. The molecule has 1 N–H and O–H groups in total. The van der Waals surface area contributed by atoms with Crippen molar-refractivity contribution in [3.8, 4) is 0 Å². The molecule has 2 aromatic carbocycles. The average molecular weight is 343 g/mol. The van der Waals surface area contributed by atoms with Crippen LogP contribution >= 0.6 is 11.3 Å². The van der Waals surface area contributed by atoms with Crippen LogP contribution in [0.4, 0.5) is 10.8 Å². The lowest BCUT2D eigenvalue weighted by Crippen LogP contribution is -1.99. The number of ether oxygens (including phenoxy) is 1. The zero-order chi connectivity index (χ0) is 16.9. The van der Waals surface area contributed by atoms with Gasteiger partial charge in [-0.15, -0.1) is 0 Å². The highest BCUT2D eigenvalue weighted by Crippen LogP contribution is 2.29. The van der Waals surface area contributed by atoms with Gasteiger partial charge in [0.15, 0.2) is 5.13 Å². The number of thiazole rings is 1. The van der Waals surface area contributed by atoms with Gasteiger partial charge in [0.05, 0.1) is 21.7 Å². The molecule has 0 aliphatic rings. The number of non-ortho nitro benzene ring substituents is 1. The first-order chi connectivity index (χ1) is 11.7. The Morgan fingerprint density at radius 3 is 2.67 bits per heavy atom. The minimum Gasteiger partial charge on any atom is -0.377 e. The minimum absolute atomic E-state index is 0.0857. The van der Waals surface area contributed by atoms with Crippen molar-refractivity contribution in [1.82, 2.24) is 4.98 Å². The molecule has 0 spiro atoms. The van der Waals surface area contributed by atoms with E-state index in [-0.39, 0.29) is 5.69 Å². The lowest BCUT2D eigenvalue weighted by molar-refractivity contribution is -0.384. The van der Waals surface area contributed by atoms with Crippen LogP contribution in [0.5, 0.6) is 0 Å². The number of fused-ring (bicyclic) bond motifs is 1. The molecule has 1 heterocycles. The van der Waals surface area contributed by atoms with Crippen molar-refractivity contribution in [1.29, 1.82) is 0 Å². The molecule has 7 heteroatoms. The first-order valence-electron chi connectivity index (χ1n) is 7.60. The smallest absolute Gasteiger partial charge is 0.270 e. The van der Waals surface area contributed by atoms with Crippen LogP contribution in [-0.4, -0.2) is 16.5 Å². The molecule has 6 nitrogen and oxygen atoms in total. The Bertz CT molecular complexity index is 846. The van der Waals surface area contributed by atoms with Crippen LogP contribution in [0.15, 0.2) is 42.5 Å². The standard InChI is InChI=1S/C17H17N3O3S/c1-2-23-11-13-5-3-12(4-6-13)10-18-17-19-15-8-7-14(20(21)22)9-16(15)24-17/h3-9H,2,10-11H2,1H3,(H,18,19). The number of rotatable bonds is 7. The SMILES string of the molecule is CCOCc1ccc(CNc2nc3ccc([N+](=O)[O-])cc3s2)cc1. The molecule has 1 aromatic heterocycles. The van der Waals surface area contributed by atoms with E-state index in [0.717, 1.165) is 26.5 Å². The Balaban J connectivity index is 1.65. The molecule has 0 atom stereocenters. The predicted molar refractivity (Wildman–Crippen MR) is 95.4 cm³/mol. The number of nitrogens with one attached hydrogen (secondary N) is 1. The number of nitro groups is 1. The third-order valence-corrected chi connectivity index (χ3v) is 4.50. The Morgan fingerprint density at radius 2 is 1.96 bits per heavy atom. The molecule has 0 aliphatic heterocycles. The van der Waals surface area contributed by atoms with E-state index < -0.39 is 4.92 Å². The molecule has 0 saturated carbocycles. The minimum atomic E-state index is -0.393. The number of aromatic nitrogens is 1. The van der Waals surface area contributed by atoms with E-state index in [2.05, 4.69) is 22.4 Å². The first-order valence-corrected chi connectivity index (χ1v) is 8.42. The van der Waals surface area contributed by atoms with E-state index in [0.29, 0.717) is 19.8 Å². The monoisotopic (exact) mass is 343 g/mol. The van der Waals surface area contributed by atoms with Gasteiger partial charge in [0, 0.05) is 25.3 Å². The van der Waals surface area contributed by atoms with Crippen molar-refractivity contribution in [2.75, 3.05) is 11.9 Å². The second kappa shape index (κ2) is 7.37. The Kier molecular flexibility index (Phi) is 5.02. The van der Waals surface area contributed by atoms with Gasteiger partial charge in [-0.2, -0.15) is 0 Å². The maximum Gasteiger partial charge on any atom is 0.270 e. The molecule has 0 aliphatic carbocycles. The normalized spacial score (nSPS) is 10.9. The van der Waals surface area contributed by atoms with Crippen molar-refractivity contribution < 1.29 is 9.66 Å². The van der Waals surface area contributed by atoms with Crippen LogP contribution in [-0.2, 0) is 17.9 Å². The molecule has 0 amide bonds. The van der Waals surface area contributed by atoms with Crippen molar-refractivity contribution in [3.05, 3.63) is 63.7 Å².